The maximum Gasteiger partial charge on any atom is 0.255 e. The van der Waals surface area contributed by atoms with E-state index < -0.39 is 0 Å². The van der Waals surface area contributed by atoms with Crippen LogP contribution in [0.25, 0.3) is 0 Å². The Hall–Kier alpha value is -1.53. The first-order valence-corrected chi connectivity index (χ1v) is 13.2. The smallest absolute Gasteiger partial charge is 0.255 e. The largest absolute Gasteiger partial charge is 0.383 e. The summed E-state index contributed by atoms with van der Waals surface area (Å²) in [7, 11) is 1.66. The van der Waals surface area contributed by atoms with E-state index in [1.165, 1.54) is 31.0 Å². The second kappa shape index (κ2) is 10.2. The number of amides is 2. The lowest BCUT2D eigenvalue weighted by Crippen LogP contribution is -2.60. The summed E-state index contributed by atoms with van der Waals surface area (Å²) in [4.78, 5) is 29.0. The number of carbonyl (C=O) groups is 2. The number of ether oxygens (including phenoxy) is 1. The predicted octanol–water partition coefficient (Wildman–Crippen LogP) is 4.61. The lowest BCUT2D eigenvalue weighted by Gasteiger charge is -2.56. The van der Waals surface area contributed by atoms with E-state index in [-0.39, 0.29) is 17.4 Å². The summed E-state index contributed by atoms with van der Waals surface area (Å²) in [5.74, 6) is 3.29. The zero-order valence-corrected chi connectivity index (χ0v) is 20.6. The Bertz CT molecular complexity index is 790. The van der Waals surface area contributed by atoms with E-state index in [4.69, 9.17) is 4.74 Å². The molecule has 0 saturated heterocycles. The SMILES string of the molecule is COCCN(CC(C)C)C(=O)c1ccccc1SCC(=O)NC12CC3CC(CC(C3)C1)C2. The zero-order valence-electron chi connectivity index (χ0n) is 19.8. The normalized spacial score (nSPS) is 28.2. The molecule has 4 saturated carbocycles. The summed E-state index contributed by atoms with van der Waals surface area (Å²) in [6, 6.07) is 7.68. The van der Waals surface area contributed by atoms with Crippen molar-refractivity contribution < 1.29 is 14.3 Å². The van der Waals surface area contributed by atoms with E-state index in [1.807, 2.05) is 29.2 Å². The summed E-state index contributed by atoms with van der Waals surface area (Å²) >= 11 is 1.48. The standard InChI is InChI=1S/C26H38N2O3S/c1-18(2)16-28(8-9-31-3)25(30)22-6-4-5-7-23(22)32-17-24(29)27-26-13-19-10-20(14-26)12-21(11-19)15-26/h4-7,18-21H,8-17H2,1-3H3,(H,27,29). The van der Waals surface area contributed by atoms with Crippen molar-refractivity contribution in [2.75, 3.05) is 32.6 Å². The molecule has 1 aromatic rings. The summed E-state index contributed by atoms with van der Waals surface area (Å²) < 4.78 is 5.21. The van der Waals surface area contributed by atoms with Crippen molar-refractivity contribution in [3.63, 3.8) is 0 Å². The summed E-state index contributed by atoms with van der Waals surface area (Å²) in [5.41, 5.74) is 0.715. The number of benzene rings is 1. The third-order valence-corrected chi connectivity index (χ3v) is 8.43. The van der Waals surface area contributed by atoms with Crippen molar-refractivity contribution in [2.24, 2.45) is 23.7 Å². The van der Waals surface area contributed by atoms with Gasteiger partial charge >= 0.3 is 0 Å². The topological polar surface area (TPSA) is 58.6 Å². The number of rotatable bonds is 10. The van der Waals surface area contributed by atoms with Crippen molar-refractivity contribution in [1.29, 1.82) is 0 Å². The van der Waals surface area contributed by atoms with Gasteiger partial charge in [-0.3, -0.25) is 9.59 Å². The van der Waals surface area contributed by atoms with Crippen LogP contribution in [-0.2, 0) is 9.53 Å². The molecule has 1 N–H and O–H groups in total. The molecular formula is C26H38N2O3S. The van der Waals surface area contributed by atoms with Crippen LogP contribution < -0.4 is 5.32 Å². The molecule has 0 atom stereocenters. The average Bonchev–Trinajstić information content (AvgIpc) is 2.73. The molecule has 0 spiro atoms. The van der Waals surface area contributed by atoms with Gasteiger partial charge in [0.05, 0.1) is 17.9 Å². The molecule has 4 bridgehead atoms. The summed E-state index contributed by atoms with van der Waals surface area (Å²) in [6.45, 7) is 6.00. The van der Waals surface area contributed by atoms with Crippen LogP contribution in [0.2, 0.25) is 0 Å². The number of methoxy groups -OCH3 is 1. The lowest BCUT2D eigenvalue weighted by atomic mass is 9.53. The number of hydrogen-bond donors (Lipinski definition) is 1. The predicted molar refractivity (Wildman–Crippen MR) is 129 cm³/mol. The van der Waals surface area contributed by atoms with Crippen LogP contribution in [0.1, 0.15) is 62.7 Å². The Morgan fingerprint density at radius 1 is 1.12 bits per heavy atom. The Morgan fingerprint density at radius 3 is 2.34 bits per heavy atom. The molecule has 0 radical (unpaired) electrons. The molecule has 0 heterocycles. The van der Waals surface area contributed by atoms with E-state index in [2.05, 4.69) is 19.2 Å². The van der Waals surface area contributed by atoms with Gasteiger partial charge in [-0.05, 0) is 74.3 Å². The van der Waals surface area contributed by atoms with Gasteiger partial charge in [0.15, 0.2) is 0 Å². The monoisotopic (exact) mass is 458 g/mol. The van der Waals surface area contributed by atoms with Gasteiger partial charge < -0.3 is 15.0 Å². The van der Waals surface area contributed by atoms with E-state index in [0.29, 0.717) is 36.9 Å². The molecule has 5 nitrogen and oxygen atoms in total. The molecule has 4 aliphatic rings. The molecular weight excluding hydrogens is 420 g/mol. The minimum Gasteiger partial charge on any atom is -0.383 e. The van der Waals surface area contributed by atoms with E-state index in [0.717, 1.165) is 41.9 Å². The van der Waals surface area contributed by atoms with Gasteiger partial charge in [-0.2, -0.15) is 0 Å². The number of carbonyl (C=O) groups excluding carboxylic acids is 2. The van der Waals surface area contributed by atoms with Gasteiger partial charge in [0.1, 0.15) is 0 Å². The molecule has 176 valence electrons. The fraction of sp³-hybridized carbons (Fsp3) is 0.692. The minimum absolute atomic E-state index is 0.0142. The fourth-order valence-corrected chi connectivity index (χ4v) is 7.44. The first kappa shape index (κ1) is 23.6. The maximum absolute atomic E-state index is 13.3. The molecule has 4 fully saturated rings. The van der Waals surface area contributed by atoms with Crippen molar-refractivity contribution in [2.45, 2.75) is 62.8 Å². The average molecular weight is 459 g/mol. The van der Waals surface area contributed by atoms with Gasteiger partial charge in [-0.15, -0.1) is 11.8 Å². The quantitative estimate of drug-likeness (QED) is 0.520. The molecule has 6 heteroatoms. The minimum atomic E-state index is 0.0142. The van der Waals surface area contributed by atoms with Gasteiger partial charge in [-0.25, -0.2) is 0 Å². The Balaban J connectivity index is 1.38. The molecule has 5 rings (SSSR count). The van der Waals surface area contributed by atoms with E-state index in [1.54, 1.807) is 7.11 Å². The number of thioether (sulfide) groups is 1. The third kappa shape index (κ3) is 5.51. The number of nitrogens with one attached hydrogen (secondary N) is 1. The highest BCUT2D eigenvalue weighted by atomic mass is 32.2. The third-order valence-electron chi connectivity index (χ3n) is 7.36. The van der Waals surface area contributed by atoms with Crippen molar-refractivity contribution in [1.82, 2.24) is 10.2 Å². The summed E-state index contributed by atoms with van der Waals surface area (Å²) in [5, 5.41) is 3.45. The van der Waals surface area contributed by atoms with Gasteiger partial charge in [0, 0.05) is 30.6 Å². The molecule has 2 amide bonds. The van der Waals surface area contributed by atoms with Gasteiger partial charge in [0.2, 0.25) is 5.91 Å². The Labute approximate surface area is 197 Å². The van der Waals surface area contributed by atoms with E-state index in [9.17, 15) is 9.59 Å². The van der Waals surface area contributed by atoms with Crippen molar-refractivity contribution in [3.05, 3.63) is 29.8 Å². The van der Waals surface area contributed by atoms with Crippen LogP contribution in [0.15, 0.2) is 29.2 Å². The second-order valence-electron chi connectivity index (χ2n) is 10.7. The van der Waals surface area contributed by atoms with Crippen LogP contribution in [-0.4, -0.2) is 54.8 Å². The Kier molecular flexibility index (Phi) is 7.51. The van der Waals surface area contributed by atoms with Gasteiger partial charge in [0.25, 0.3) is 5.91 Å². The van der Waals surface area contributed by atoms with Gasteiger partial charge in [-0.1, -0.05) is 26.0 Å². The molecule has 0 aromatic heterocycles. The van der Waals surface area contributed by atoms with Crippen LogP contribution in [0.3, 0.4) is 0 Å². The van der Waals surface area contributed by atoms with Crippen LogP contribution in [0, 0.1) is 23.7 Å². The maximum atomic E-state index is 13.3. The number of nitrogens with zero attached hydrogens (tertiary/aromatic N) is 1. The van der Waals surface area contributed by atoms with Crippen molar-refractivity contribution >= 4 is 23.6 Å². The number of hydrogen-bond acceptors (Lipinski definition) is 4. The van der Waals surface area contributed by atoms with Crippen molar-refractivity contribution in [3.8, 4) is 0 Å². The van der Waals surface area contributed by atoms with Crippen LogP contribution in [0.4, 0.5) is 0 Å². The highest BCUT2D eigenvalue weighted by molar-refractivity contribution is 8.00. The second-order valence-corrected chi connectivity index (χ2v) is 11.7. The van der Waals surface area contributed by atoms with Crippen LogP contribution in [0.5, 0.6) is 0 Å². The molecule has 32 heavy (non-hydrogen) atoms. The van der Waals surface area contributed by atoms with E-state index >= 15 is 0 Å². The Morgan fingerprint density at radius 2 is 1.75 bits per heavy atom. The molecule has 0 unspecified atom stereocenters. The zero-order chi connectivity index (χ0) is 22.7. The first-order valence-electron chi connectivity index (χ1n) is 12.2. The first-order chi connectivity index (χ1) is 15.4. The summed E-state index contributed by atoms with van der Waals surface area (Å²) in [6.07, 6.45) is 7.59. The molecule has 4 aliphatic carbocycles. The highest BCUT2D eigenvalue weighted by Gasteiger charge is 2.51. The molecule has 1 aromatic carbocycles. The van der Waals surface area contributed by atoms with Crippen LogP contribution >= 0.6 is 11.8 Å². The fourth-order valence-electron chi connectivity index (χ4n) is 6.60. The highest BCUT2D eigenvalue weighted by Crippen LogP contribution is 2.55. The lowest BCUT2D eigenvalue weighted by molar-refractivity contribution is -0.124. The molecule has 0 aliphatic heterocycles.